The molecular weight excluding hydrogens is 904 g/mol. The van der Waals surface area contributed by atoms with Gasteiger partial charge in [0.2, 0.25) is 0 Å². The van der Waals surface area contributed by atoms with Gasteiger partial charge in [0.15, 0.2) is 0 Å². The van der Waals surface area contributed by atoms with Gasteiger partial charge >= 0.3 is 0 Å². The number of fused-ring (bicyclic) bond motifs is 3. The molecule has 2 aromatic heterocycles. The molecule has 306 valence electrons. The van der Waals surface area contributed by atoms with Gasteiger partial charge in [-0.1, -0.05) is 142 Å². The van der Waals surface area contributed by atoms with Crippen LogP contribution in [0.3, 0.4) is 0 Å². The van der Waals surface area contributed by atoms with Crippen LogP contribution in [0.15, 0.2) is 133 Å². The first-order chi connectivity index (χ1) is 27.4. The van der Waals surface area contributed by atoms with E-state index >= 15 is 0 Å². The Hall–Kier alpha value is -5.12. The normalized spacial score (nSPS) is 13.8. The van der Waals surface area contributed by atoms with Crippen molar-refractivity contribution in [1.82, 2.24) is 9.55 Å². The molecule has 0 radical (unpaired) electrons. The maximum Gasteiger partial charge on any atom is 0.135 e. The zero-order valence-corrected chi connectivity index (χ0v) is 38.5. The second-order valence-electron chi connectivity index (χ2n) is 19.3. The number of ether oxygens (including phenoxy) is 1. The minimum Gasteiger partial charge on any atom is -0.509 e. The Labute approximate surface area is 366 Å². The quantitative estimate of drug-likeness (QED) is 0.149. The molecule has 8 rings (SSSR count). The Kier molecular flexibility index (Phi) is 11.0. The van der Waals surface area contributed by atoms with E-state index in [-0.39, 0.29) is 42.7 Å². The number of aromatic nitrogens is 2. The summed E-state index contributed by atoms with van der Waals surface area (Å²) >= 11 is 0. The molecule has 0 atom stereocenters. The van der Waals surface area contributed by atoms with Gasteiger partial charge in [0.25, 0.3) is 0 Å². The molecule has 7 aromatic rings. The summed E-state index contributed by atoms with van der Waals surface area (Å²) in [6.45, 7) is 26.9. The number of rotatable bonds is 7. The summed E-state index contributed by atoms with van der Waals surface area (Å²) in [5.41, 5.74) is 9.71. The molecule has 0 amide bonds. The van der Waals surface area contributed by atoms with Crippen LogP contribution in [0.5, 0.6) is 11.5 Å². The third-order valence-corrected chi connectivity index (χ3v) is 11.5. The van der Waals surface area contributed by atoms with Crippen LogP contribution in [0.25, 0.3) is 27.6 Å². The third kappa shape index (κ3) is 8.24. The maximum absolute atomic E-state index is 6.78. The number of anilines is 2. The number of para-hydroxylation sites is 1. The largest absolute Gasteiger partial charge is 0.509 e. The summed E-state index contributed by atoms with van der Waals surface area (Å²) in [6, 6.07) is 48.3. The minimum atomic E-state index is -0.155. The van der Waals surface area contributed by atoms with E-state index < -0.39 is 0 Å². The molecule has 0 aliphatic carbocycles. The molecule has 0 bridgehead atoms. The Bertz CT molecular complexity index is 2650. The monoisotopic (exact) mass is 958 g/mol. The zero-order valence-electron chi connectivity index (χ0n) is 36.2. The summed E-state index contributed by atoms with van der Waals surface area (Å²) in [5.74, 6) is 2.12. The molecule has 1 aliphatic rings. The van der Waals surface area contributed by atoms with Crippen molar-refractivity contribution in [2.24, 2.45) is 5.41 Å². The summed E-state index contributed by atoms with van der Waals surface area (Å²) in [7, 11) is 0. The molecule has 0 spiro atoms. The zero-order chi connectivity index (χ0) is 41.2. The standard InChI is InChI=1S/C53H55N4O.Pt/c1-50(2,3)38-27-28-54-49(31-38)57-46-20-16-15-19-44(46)45-26-25-42(33-47(45)57)58-43-30-39(51(4,5)6)29-41(32-43)56-35-55(34-48(56)52(7,8)9)40-23-21-37(22-24-40)53(10,11)36-17-13-12-14-18-36;/h12-31,34-35H,1-11H3;/q-3;. The molecular formula is C53H55N4OPt-3. The molecule has 1 aliphatic heterocycles. The number of hydrogen-bond donors (Lipinski definition) is 0. The minimum absolute atomic E-state index is 0. The molecule has 0 N–H and O–H groups in total. The molecule has 0 saturated carbocycles. The maximum atomic E-state index is 6.78. The number of hydrogen-bond acceptors (Lipinski definition) is 4. The van der Waals surface area contributed by atoms with Gasteiger partial charge in [0, 0.05) is 66.5 Å². The fraction of sp³-hybridized carbons (Fsp3) is 0.283. The van der Waals surface area contributed by atoms with Crippen molar-refractivity contribution < 1.29 is 25.8 Å². The van der Waals surface area contributed by atoms with E-state index in [9.17, 15) is 0 Å². The van der Waals surface area contributed by atoms with Gasteiger partial charge in [-0.05, 0) is 69.4 Å². The van der Waals surface area contributed by atoms with Gasteiger partial charge < -0.3 is 19.1 Å². The van der Waals surface area contributed by atoms with Gasteiger partial charge in [-0.25, -0.2) is 4.98 Å². The molecule has 59 heavy (non-hydrogen) atoms. The third-order valence-electron chi connectivity index (χ3n) is 11.5. The Morgan fingerprint density at radius 3 is 1.92 bits per heavy atom. The van der Waals surface area contributed by atoms with Crippen molar-refractivity contribution in [3.63, 3.8) is 0 Å². The molecule has 5 nitrogen and oxygen atoms in total. The van der Waals surface area contributed by atoms with Crippen LogP contribution in [0, 0.1) is 24.2 Å². The fourth-order valence-electron chi connectivity index (χ4n) is 7.82. The number of pyridine rings is 1. The average Bonchev–Trinajstić information content (AvgIpc) is 3.78. The van der Waals surface area contributed by atoms with Crippen LogP contribution in [0.1, 0.15) is 98.4 Å². The van der Waals surface area contributed by atoms with E-state index in [4.69, 9.17) is 9.72 Å². The summed E-state index contributed by atoms with van der Waals surface area (Å²) in [5, 5.41) is 2.25. The fourth-order valence-corrected chi connectivity index (χ4v) is 7.82. The van der Waals surface area contributed by atoms with Gasteiger partial charge in [0.1, 0.15) is 5.82 Å². The first kappa shape index (κ1) is 42.0. The number of nitrogens with zero attached hydrogens (tertiary/aromatic N) is 4. The van der Waals surface area contributed by atoms with E-state index in [0.717, 1.165) is 50.3 Å². The average molecular weight is 959 g/mol. The Morgan fingerprint density at radius 1 is 0.576 bits per heavy atom. The summed E-state index contributed by atoms with van der Waals surface area (Å²) in [4.78, 5) is 9.35. The first-order valence-electron chi connectivity index (χ1n) is 20.4. The molecule has 0 unspecified atom stereocenters. The van der Waals surface area contributed by atoms with E-state index in [0.29, 0.717) is 11.5 Å². The molecule has 6 heteroatoms. The Balaban J connectivity index is 0.00000528. The van der Waals surface area contributed by atoms with Gasteiger partial charge in [-0.3, -0.25) is 0 Å². The topological polar surface area (TPSA) is 33.5 Å². The molecule has 0 saturated heterocycles. The first-order valence-corrected chi connectivity index (χ1v) is 20.4. The van der Waals surface area contributed by atoms with Gasteiger partial charge in [-0.2, -0.15) is 6.07 Å². The molecule has 0 fully saturated rings. The van der Waals surface area contributed by atoms with Crippen LogP contribution in [-0.2, 0) is 37.3 Å². The van der Waals surface area contributed by atoms with Gasteiger partial charge in [0.05, 0.1) is 0 Å². The van der Waals surface area contributed by atoms with E-state index in [1.807, 2.05) is 12.3 Å². The van der Waals surface area contributed by atoms with E-state index in [1.54, 1.807) is 0 Å². The van der Waals surface area contributed by atoms with Crippen molar-refractivity contribution in [2.45, 2.75) is 92.4 Å². The van der Waals surface area contributed by atoms with Crippen LogP contribution >= 0.6 is 0 Å². The van der Waals surface area contributed by atoms with Crippen molar-refractivity contribution >= 4 is 33.2 Å². The van der Waals surface area contributed by atoms with Crippen LogP contribution < -0.4 is 14.5 Å². The summed E-state index contributed by atoms with van der Waals surface area (Å²) < 4.78 is 8.99. The second kappa shape index (κ2) is 15.5. The van der Waals surface area contributed by atoms with Crippen LogP contribution in [-0.4, -0.2) is 9.55 Å². The van der Waals surface area contributed by atoms with Crippen molar-refractivity contribution in [2.75, 3.05) is 9.80 Å². The van der Waals surface area contributed by atoms with Crippen LogP contribution in [0.4, 0.5) is 11.4 Å². The predicted octanol–water partition coefficient (Wildman–Crippen LogP) is 13.8. The van der Waals surface area contributed by atoms with E-state index in [2.05, 4.69) is 225 Å². The summed E-state index contributed by atoms with van der Waals surface area (Å²) in [6.07, 6.45) is 4.16. The van der Waals surface area contributed by atoms with Crippen LogP contribution in [0.2, 0.25) is 0 Å². The second-order valence-corrected chi connectivity index (χ2v) is 19.3. The van der Waals surface area contributed by atoms with Crippen molar-refractivity contribution in [3.8, 4) is 17.3 Å². The molecule has 3 heterocycles. The molecule has 5 aromatic carbocycles. The van der Waals surface area contributed by atoms with Crippen molar-refractivity contribution in [3.05, 3.63) is 174 Å². The number of allylic oxidation sites excluding steroid dienone is 1. The van der Waals surface area contributed by atoms with E-state index in [1.165, 1.54) is 16.7 Å². The van der Waals surface area contributed by atoms with Crippen molar-refractivity contribution in [1.29, 1.82) is 0 Å². The smallest absolute Gasteiger partial charge is 0.135 e. The SMILES string of the molecule is CC(C)(C)C1=CN(c2ccc(C(C)(C)c3ccccc3)cc2)[CH-]N1c1[c-]c(Oc2[c-]c3c(cc2)c2ccccc2n3-c2cc(C(C)(C)C)ccn2)cc(C(C)(C)C)c1.[Pt]. The number of benzene rings is 5. The predicted molar refractivity (Wildman–Crippen MR) is 242 cm³/mol. The Morgan fingerprint density at radius 2 is 1.24 bits per heavy atom. The van der Waals surface area contributed by atoms with Gasteiger partial charge in [-0.15, -0.1) is 53.6 Å².